The maximum atomic E-state index is 12.9. The molecule has 0 spiro atoms. The predicted molar refractivity (Wildman–Crippen MR) is 170 cm³/mol. The first-order chi connectivity index (χ1) is 20.4. The summed E-state index contributed by atoms with van der Waals surface area (Å²) < 4.78 is 13.7. The van der Waals surface area contributed by atoms with Crippen LogP contribution in [0.5, 0.6) is 0 Å². The molecule has 226 valence electrons. The number of ketones is 1. The van der Waals surface area contributed by atoms with E-state index in [9.17, 15) is 9.59 Å². The first-order valence-corrected chi connectivity index (χ1v) is 15.4. The average Bonchev–Trinajstić information content (AvgIpc) is 3.67. The molecular weight excluding hydrogens is 530 g/mol. The highest BCUT2D eigenvalue weighted by Crippen LogP contribution is 2.35. The maximum Gasteiger partial charge on any atom is 0.229 e. The van der Waals surface area contributed by atoms with Crippen LogP contribution in [0.1, 0.15) is 90.2 Å². The Hall–Kier alpha value is -3.72. The van der Waals surface area contributed by atoms with Crippen molar-refractivity contribution in [2.75, 3.05) is 36.5 Å². The minimum atomic E-state index is -0.103. The Morgan fingerprint density at radius 2 is 1.81 bits per heavy atom. The van der Waals surface area contributed by atoms with Gasteiger partial charge in [-0.05, 0) is 37.0 Å². The highest BCUT2D eigenvalue weighted by molar-refractivity contribution is 5.98. The molecule has 2 aliphatic rings. The van der Waals surface area contributed by atoms with Gasteiger partial charge in [-0.25, -0.2) is 4.98 Å². The second-order valence-corrected chi connectivity index (χ2v) is 11.0. The van der Waals surface area contributed by atoms with Gasteiger partial charge >= 0.3 is 0 Å². The maximum absolute atomic E-state index is 12.9. The van der Waals surface area contributed by atoms with Gasteiger partial charge in [-0.2, -0.15) is 4.98 Å². The number of ether oxygens (including phenoxy) is 1. The minimum absolute atomic E-state index is 0.0240. The van der Waals surface area contributed by atoms with Crippen molar-refractivity contribution >= 4 is 45.3 Å². The molecule has 42 heavy (non-hydrogen) atoms. The number of carbonyl (C=O) groups is 1. The molecule has 1 saturated carbocycles. The summed E-state index contributed by atoms with van der Waals surface area (Å²) in [5.74, 6) is 1.82. The fourth-order valence-corrected chi connectivity index (χ4v) is 5.19. The lowest BCUT2D eigenvalue weighted by molar-refractivity contribution is 0.100. The summed E-state index contributed by atoms with van der Waals surface area (Å²) in [5, 5.41) is 4.58. The summed E-state index contributed by atoms with van der Waals surface area (Å²) >= 11 is 0. The Morgan fingerprint density at radius 1 is 1.12 bits per heavy atom. The van der Waals surface area contributed by atoms with Crippen LogP contribution in [0, 0.1) is 5.92 Å². The van der Waals surface area contributed by atoms with Crippen molar-refractivity contribution < 1.29 is 13.9 Å². The molecule has 9 heteroatoms. The number of para-hydroxylation sites is 1. The van der Waals surface area contributed by atoms with E-state index in [1.807, 2.05) is 36.9 Å². The van der Waals surface area contributed by atoms with Gasteiger partial charge < -0.3 is 23.9 Å². The normalized spacial score (nSPS) is 15.4. The summed E-state index contributed by atoms with van der Waals surface area (Å²) in [7, 11) is 0. The molecule has 2 fully saturated rings. The van der Waals surface area contributed by atoms with Crippen LogP contribution in [0.4, 0.5) is 17.5 Å². The molecule has 0 bridgehead atoms. The van der Waals surface area contributed by atoms with E-state index in [-0.39, 0.29) is 17.3 Å². The number of hydrogen-bond donors (Lipinski definition) is 1. The van der Waals surface area contributed by atoms with Crippen molar-refractivity contribution in [3.05, 3.63) is 52.4 Å². The number of nitrogens with zero attached hydrogens (tertiary/aromatic N) is 4. The van der Waals surface area contributed by atoms with Crippen LogP contribution >= 0.6 is 0 Å². The fourth-order valence-electron chi connectivity index (χ4n) is 5.19. The van der Waals surface area contributed by atoms with Crippen molar-refractivity contribution in [1.29, 1.82) is 0 Å². The number of hydrogen-bond acceptors (Lipinski definition) is 8. The number of rotatable bonds is 6. The fraction of sp³-hybridized carbons (Fsp3) is 0.515. The standard InChI is InChI=1S/C26H27N5O4.C5H12.C2H6/c1-16(32)21-13-17-15-27-26(29-25(17)31(21)18-5-2-3-6-18)28-20-8-4-7-19-22(33)14-23(35-24(19)20)30-9-11-34-12-10-30;1-4-5(2)3;1-2/h4,7-8,13-15,18H,2-3,5-6,9-12H2,1H3,(H,27,28,29);5H,4H2,1-3H3;1-2H3. The van der Waals surface area contributed by atoms with E-state index in [2.05, 4.69) is 35.6 Å². The quantitative estimate of drug-likeness (QED) is 0.236. The van der Waals surface area contributed by atoms with Gasteiger partial charge in [0.1, 0.15) is 5.65 Å². The number of aromatic nitrogens is 3. The zero-order chi connectivity index (χ0) is 30.2. The van der Waals surface area contributed by atoms with E-state index >= 15 is 0 Å². The van der Waals surface area contributed by atoms with Crippen molar-refractivity contribution in [3.8, 4) is 0 Å². The highest BCUT2D eigenvalue weighted by atomic mass is 16.5. The smallest absolute Gasteiger partial charge is 0.229 e. The van der Waals surface area contributed by atoms with Crippen molar-refractivity contribution in [3.63, 3.8) is 0 Å². The molecule has 4 heterocycles. The largest absolute Gasteiger partial charge is 0.438 e. The molecule has 0 atom stereocenters. The second kappa shape index (κ2) is 14.4. The van der Waals surface area contributed by atoms with Gasteiger partial charge in [0.15, 0.2) is 22.7 Å². The van der Waals surface area contributed by atoms with E-state index in [0.717, 1.165) is 42.6 Å². The summed E-state index contributed by atoms with van der Waals surface area (Å²) in [6.07, 6.45) is 7.42. The number of benzene rings is 1. The minimum Gasteiger partial charge on any atom is -0.438 e. The monoisotopic (exact) mass is 575 g/mol. The SMILES string of the molecule is CC.CC(=O)c1cc2cnc(Nc3cccc4c(=O)cc(N5CCOCC5)oc34)nc2n1C1CCCC1.CCC(C)C. The number of Topliss-reactive ketones (excluding diaryl/α,β-unsaturated/α-hetero) is 1. The summed E-state index contributed by atoms with van der Waals surface area (Å²) in [6.45, 7) is 14.8. The topological polar surface area (TPSA) is 102 Å². The third kappa shape index (κ3) is 7.01. The number of fused-ring (bicyclic) bond motifs is 2. The molecule has 0 amide bonds. The van der Waals surface area contributed by atoms with Crippen molar-refractivity contribution in [2.45, 2.75) is 79.7 Å². The summed E-state index contributed by atoms with van der Waals surface area (Å²) in [5.41, 5.74) is 2.38. The van der Waals surface area contributed by atoms with E-state index in [0.29, 0.717) is 60.5 Å². The first kappa shape index (κ1) is 31.2. The van der Waals surface area contributed by atoms with Crippen LogP contribution in [0.15, 0.2) is 45.7 Å². The Labute approximate surface area is 248 Å². The van der Waals surface area contributed by atoms with Crippen LogP contribution < -0.4 is 15.6 Å². The van der Waals surface area contributed by atoms with Crippen LogP contribution in [-0.2, 0) is 4.74 Å². The number of carbonyl (C=O) groups excluding carboxylic acids is 1. The zero-order valence-electron chi connectivity index (χ0n) is 25.9. The summed E-state index contributed by atoms with van der Waals surface area (Å²) in [4.78, 5) is 36.5. The lowest BCUT2D eigenvalue weighted by atomic mass is 10.2. The van der Waals surface area contributed by atoms with Gasteiger partial charge in [0.25, 0.3) is 0 Å². The first-order valence-electron chi connectivity index (χ1n) is 15.4. The zero-order valence-corrected chi connectivity index (χ0v) is 25.9. The Morgan fingerprint density at radius 3 is 2.45 bits per heavy atom. The van der Waals surface area contributed by atoms with Gasteiger partial charge in [0.2, 0.25) is 5.95 Å². The number of anilines is 3. The van der Waals surface area contributed by atoms with E-state index < -0.39 is 0 Å². The van der Waals surface area contributed by atoms with Gasteiger partial charge in [0, 0.05) is 43.7 Å². The molecule has 0 unspecified atom stereocenters. The Kier molecular flexibility index (Phi) is 10.7. The number of morpholine rings is 1. The lowest BCUT2D eigenvalue weighted by Crippen LogP contribution is -2.36. The van der Waals surface area contributed by atoms with Crippen molar-refractivity contribution in [1.82, 2.24) is 14.5 Å². The second-order valence-electron chi connectivity index (χ2n) is 11.0. The molecule has 6 rings (SSSR count). The molecule has 1 aromatic carbocycles. The molecule has 1 aliphatic heterocycles. The van der Waals surface area contributed by atoms with Crippen LogP contribution in [0.3, 0.4) is 0 Å². The van der Waals surface area contributed by atoms with Gasteiger partial charge in [-0.15, -0.1) is 0 Å². The molecule has 1 saturated heterocycles. The van der Waals surface area contributed by atoms with Gasteiger partial charge in [0.05, 0.1) is 30.0 Å². The molecule has 0 radical (unpaired) electrons. The van der Waals surface area contributed by atoms with Crippen LogP contribution in [0.25, 0.3) is 22.0 Å². The molecule has 9 nitrogen and oxygen atoms in total. The van der Waals surface area contributed by atoms with E-state index in [4.69, 9.17) is 14.1 Å². The molecule has 1 N–H and O–H groups in total. The molecule has 3 aromatic heterocycles. The molecule has 4 aromatic rings. The molecular formula is C33H45N5O4. The third-order valence-corrected chi connectivity index (χ3v) is 7.75. The lowest BCUT2D eigenvalue weighted by Gasteiger charge is -2.27. The van der Waals surface area contributed by atoms with Crippen LogP contribution in [0.2, 0.25) is 0 Å². The number of nitrogens with one attached hydrogen (secondary N) is 1. The Bertz CT molecular complexity index is 1550. The van der Waals surface area contributed by atoms with E-state index in [1.54, 1.807) is 19.2 Å². The predicted octanol–water partition coefficient (Wildman–Crippen LogP) is 7.51. The van der Waals surface area contributed by atoms with E-state index in [1.165, 1.54) is 12.5 Å². The van der Waals surface area contributed by atoms with Crippen molar-refractivity contribution in [2.24, 2.45) is 5.92 Å². The average molecular weight is 576 g/mol. The summed E-state index contributed by atoms with van der Waals surface area (Å²) in [6, 6.07) is 9.09. The highest BCUT2D eigenvalue weighted by Gasteiger charge is 2.24. The van der Waals surface area contributed by atoms with Crippen LogP contribution in [-0.4, -0.2) is 46.6 Å². The Balaban J connectivity index is 0.000000526. The molecule has 1 aliphatic carbocycles. The van der Waals surface area contributed by atoms with Gasteiger partial charge in [-0.3, -0.25) is 9.59 Å². The van der Waals surface area contributed by atoms with Gasteiger partial charge in [-0.1, -0.05) is 59.9 Å². The third-order valence-electron chi connectivity index (χ3n) is 7.75.